The van der Waals surface area contributed by atoms with Crippen LogP contribution in [0.4, 0.5) is 0 Å². The fraction of sp³-hybridized carbons (Fsp3) is 0.625. The average Bonchev–Trinajstić information content (AvgIpc) is 2.55. The molecule has 0 aliphatic heterocycles. The van der Waals surface area contributed by atoms with Crippen LogP contribution in [0.2, 0.25) is 0 Å². The molecule has 1 heterocycles. The highest BCUT2D eigenvalue weighted by atomic mass is 16.2. The van der Waals surface area contributed by atoms with Crippen LogP contribution in [0, 0.1) is 0 Å². The molecule has 1 rings (SSSR count). The third kappa shape index (κ3) is 6.65. The van der Waals surface area contributed by atoms with Gasteiger partial charge in [0.15, 0.2) is 0 Å². The molecule has 1 aromatic rings. The zero-order valence-corrected chi connectivity index (χ0v) is 13.5. The van der Waals surface area contributed by atoms with Crippen LogP contribution in [0.1, 0.15) is 56.4 Å². The Morgan fingerprint density at radius 1 is 1.14 bits per heavy atom. The fourth-order valence-electron chi connectivity index (χ4n) is 2.08. The molecule has 6 nitrogen and oxygen atoms in total. The summed E-state index contributed by atoms with van der Waals surface area (Å²) >= 11 is 0. The summed E-state index contributed by atoms with van der Waals surface area (Å²) in [6.45, 7) is 5.85. The van der Waals surface area contributed by atoms with Crippen molar-refractivity contribution < 1.29 is 9.59 Å². The summed E-state index contributed by atoms with van der Waals surface area (Å²) in [5.41, 5.74) is 0.319. The number of hydrogen-bond donors (Lipinski definition) is 1. The molecule has 0 aromatic carbocycles. The Morgan fingerprint density at radius 2 is 1.95 bits per heavy atom. The van der Waals surface area contributed by atoms with Crippen LogP contribution in [0.25, 0.3) is 0 Å². The zero-order chi connectivity index (χ0) is 16.2. The van der Waals surface area contributed by atoms with Crippen LogP contribution in [0.5, 0.6) is 0 Å². The van der Waals surface area contributed by atoms with Gasteiger partial charge in [0, 0.05) is 38.4 Å². The van der Waals surface area contributed by atoms with E-state index in [1.54, 1.807) is 4.90 Å². The lowest BCUT2D eigenvalue weighted by Gasteiger charge is -2.21. The fourth-order valence-corrected chi connectivity index (χ4v) is 2.08. The summed E-state index contributed by atoms with van der Waals surface area (Å²) in [6.07, 6.45) is 8.89. The number of hydrogen-bond acceptors (Lipinski definition) is 4. The third-order valence-corrected chi connectivity index (χ3v) is 3.27. The monoisotopic (exact) mass is 306 g/mol. The van der Waals surface area contributed by atoms with E-state index < -0.39 is 0 Å². The van der Waals surface area contributed by atoms with Crippen molar-refractivity contribution >= 4 is 11.8 Å². The van der Waals surface area contributed by atoms with E-state index in [0.29, 0.717) is 31.7 Å². The van der Waals surface area contributed by atoms with Crippen LogP contribution >= 0.6 is 0 Å². The molecule has 122 valence electrons. The van der Waals surface area contributed by atoms with Gasteiger partial charge in [-0.15, -0.1) is 0 Å². The Kier molecular flexibility index (Phi) is 8.79. The van der Waals surface area contributed by atoms with E-state index in [9.17, 15) is 9.59 Å². The second-order valence-electron chi connectivity index (χ2n) is 5.19. The first-order valence-corrected chi connectivity index (χ1v) is 8.01. The zero-order valence-electron chi connectivity index (χ0n) is 13.5. The minimum atomic E-state index is -0.172. The summed E-state index contributed by atoms with van der Waals surface area (Å²) in [5.74, 6) is -0.183. The second kappa shape index (κ2) is 10.7. The second-order valence-corrected chi connectivity index (χ2v) is 5.19. The first kappa shape index (κ1) is 18.1. The van der Waals surface area contributed by atoms with Crippen molar-refractivity contribution in [2.75, 3.05) is 19.6 Å². The molecule has 0 radical (unpaired) electrons. The molecule has 0 atom stereocenters. The van der Waals surface area contributed by atoms with E-state index in [1.165, 1.54) is 18.6 Å². The quantitative estimate of drug-likeness (QED) is 0.671. The van der Waals surface area contributed by atoms with Gasteiger partial charge < -0.3 is 10.2 Å². The molecule has 6 heteroatoms. The third-order valence-electron chi connectivity index (χ3n) is 3.27. The van der Waals surface area contributed by atoms with Crippen molar-refractivity contribution in [3.05, 3.63) is 24.3 Å². The van der Waals surface area contributed by atoms with Crippen molar-refractivity contribution in [2.24, 2.45) is 0 Å². The van der Waals surface area contributed by atoms with Crippen molar-refractivity contribution in [1.82, 2.24) is 20.2 Å². The molecule has 0 aliphatic carbocycles. The first-order valence-electron chi connectivity index (χ1n) is 8.01. The van der Waals surface area contributed by atoms with E-state index in [1.807, 2.05) is 6.92 Å². The van der Waals surface area contributed by atoms with Gasteiger partial charge in [-0.1, -0.05) is 26.7 Å². The number of nitrogens with zero attached hydrogens (tertiary/aromatic N) is 3. The number of rotatable bonds is 10. The van der Waals surface area contributed by atoms with E-state index in [2.05, 4.69) is 22.2 Å². The highest BCUT2D eigenvalue weighted by Gasteiger charge is 2.17. The molecule has 0 saturated heterocycles. The van der Waals surface area contributed by atoms with Gasteiger partial charge in [0.1, 0.15) is 5.69 Å². The van der Waals surface area contributed by atoms with Crippen molar-refractivity contribution in [3.8, 4) is 0 Å². The van der Waals surface area contributed by atoms with Gasteiger partial charge in [-0.25, -0.2) is 4.98 Å². The van der Waals surface area contributed by atoms with Gasteiger partial charge in [-0.3, -0.25) is 14.6 Å². The molecule has 0 saturated carbocycles. The smallest absolute Gasteiger partial charge is 0.274 e. The predicted molar refractivity (Wildman–Crippen MR) is 85.4 cm³/mol. The highest BCUT2D eigenvalue weighted by Crippen LogP contribution is 2.03. The Bertz CT molecular complexity index is 451. The summed E-state index contributed by atoms with van der Waals surface area (Å²) in [4.78, 5) is 33.7. The predicted octanol–water partition coefficient (Wildman–Crippen LogP) is 2.03. The number of carbonyl (C=O) groups excluding carboxylic acids is 2. The van der Waals surface area contributed by atoms with E-state index in [-0.39, 0.29) is 11.8 Å². The number of carbonyl (C=O) groups is 2. The van der Waals surface area contributed by atoms with Crippen LogP contribution in [0.15, 0.2) is 18.6 Å². The standard InChI is InChI=1S/C16H26N4O2/c1-3-5-6-8-19-15(21)7-12-20(11-4-2)16(22)14-13-17-9-10-18-14/h9-10,13H,3-8,11-12H2,1-2H3,(H,19,21). The molecule has 1 N–H and O–H groups in total. The largest absolute Gasteiger partial charge is 0.356 e. The Hall–Kier alpha value is -1.98. The number of amides is 2. The molecule has 1 aromatic heterocycles. The van der Waals surface area contributed by atoms with Gasteiger partial charge in [0.2, 0.25) is 5.91 Å². The molecule has 0 unspecified atom stereocenters. The molecular formula is C16H26N4O2. The summed E-state index contributed by atoms with van der Waals surface area (Å²) in [6, 6.07) is 0. The minimum Gasteiger partial charge on any atom is -0.356 e. The maximum atomic E-state index is 12.3. The normalized spacial score (nSPS) is 10.3. The van der Waals surface area contributed by atoms with Crippen LogP contribution in [0.3, 0.4) is 0 Å². The molecule has 0 bridgehead atoms. The van der Waals surface area contributed by atoms with E-state index in [0.717, 1.165) is 25.7 Å². The van der Waals surface area contributed by atoms with Crippen LogP contribution < -0.4 is 5.32 Å². The Morgan fingerprint density at radius 3 is 2.59 bits per heavy atom. The molecule has 0 fully saturated rings. The molecule has 0 spiro atoms. The van der Waals surface area contributed by atoms with Gasteiger partial charge in [0.25, 0.3) is 5.91 Å². The van der Waals surface area contributed by atoms with Crippen molar-refractivity contribution in [1.29, 1.82) is 0 Å². The van der Waals surface area contributed by atoms with E-state index in [4.69, 9.17) is 0 Å². The molecule has 22 heavy (non-hydrogen) atoms. The number of nitrogens with one attached hydrogen (secondary N) is 1. The maximum absolute atomic E-state index is 12.3. The topological polar surface area (TPSA) is 75.2 Å². The van der Waals surface area contributed by atoms with Crippen molar-refractivity contribution in [3.63, 3.8) is 0 Å². The Balaban J connectivity index is 2.44. The van der Waals surface area contributed by atoms with Gasteiger partial charge in [-0.05, 0) is 12.8 Å². The highest BCUT2D eigenvalue weighted by molar-refractivity contribution is 5.92. The lowest BCUT2D eigenvalue weighted by atomic mass is 10.2. The summed E-state index contributed by atoms with van der Waals surface area (Å²) in [5, 5.41) is 2.89. The van der Waals surface area contributed by atoms with Crippen molar-refractivity contribution in [2.45, 2.75) is 46.0 Å². The minimum absolute atomic E-state index is 0.0100. The summed E-state index contributed by atoms with van der Waals surface area (Å²) < 4.78 is 0. The maximum Gasteiger partial charge on any atom is 0.274 e. The first-order chi connectivity index (χ1) is 10.7. The van der Waals surface area contributed by atoms with Gasteiger partial charge in [0.05, 0.1) is 6.20 Å². The lowest BCUT2D eigenvalue weighted by molar-refractivity contribution is -0.121. The summed E-state index contributed by atoms with van der Waals surface area (Å²) in [7, 11) is 0. The van der Waals surface area contributed by atoms with Crippen LogP contribution in [-0.4, -0.2) is 46.3 Å². The Labute approximate surface area is 132 Å². The number of unbranched alkanes of at least 4 members (excludes halogenated alkanes) is 2. The van der Waals surface area contributed by atoms with E-state index >= 15 is 0 Å². The molecule has 2 amide bonds. The van der Waals surface area contributed by atoms with Crippen LogP contribution in [-0.2, 0) is 4.79 Å². The molecular weight excluding hydrogens is 280 g/mol. The number of aromatic nitrogens is 2. The SMILES string of the molecule is CCCCCNC(=O)CCN(CCC)C(=O)c1cnccn1. The molecule has 0 aliphatic rings. The van der Waals surface area contributed by atoms with Gasteiger partial charge >= 0.3 is 0 Å². The average molecular weight is 306 g/mol. The van der Waals surface area contributed by atoms with Gasteiger partial charge in [-0.2, -0.15) is 0 Å². The lowest BCUT2D eigenvalue weighted by Crippen LogP contribution is -2.36.